The smallest absolute Gasteiger partial charge is 0.346 e. The summed E-state index contributed by atoms with van der Waals surface area (Å²) in [6.45, 7) is 0.547. The first-order chi connectivity index (χ1) is 10.6. The Morgan fingerprint density at radius 1 is 1.05 bits per heavy atom. The predicted octanol–water partition coefficient (Wildman–Crippen LogP) is 2.13. The predicted molar refractivity (Wildman–Crippen MR) is 75.2 cm³/mol. The van der Waals surface area contributed by atoms with Gasteiger partial charge >= 0.3 is 17.9 Å². The van der Waals surface area contributed by atoms with E-state index in [1.807, 2.05) is 6.07 Å². The van der Waals surface area contributed by atoms with Crippen molar-refractivity contribution in [2.45, 2.75) is 25.7 Å². The van der Waals surface area contributed by atoms with Crippen molar-refractivity contribution in [3.8, 4) is 0 Å². The number of benzene rings is 1. The summed E-state index contributed by atoms with van der Waals surface area (Å²) in [6, 6.07) is 5.33. The minimum Gasteiger partial charge on any atom is -0.465 e. The molecule has 5 nitrogen and oxygen atoms in total. The number of ether oxygens (including phenoxy) is 2. The Morgan fingerprint density at radius 3 is 2.73 bits per heavy atom. The van der Waals surface area contributed by atoms with Gasteiger partial charge in [-0.2, -0.15) is 0 Å². The van der Waals surface area contributed by atoms with E-state index in [-0.39, 0.29) is 11.9 Å². The van der Waals surface area contributed by atoms with E-state index in [1.54, 1.807) is 12.1 Å². The molecule has 2 heterocycles. The highest BCUT2D eigenvalue weighted by atomic mass is 16.6. The summed E-state index contributed by atoms with van der Waals surface area (Å²) in [5, 5.41) is 0. The molecule has 0 bridgehead atoms. The molecular formula is C17H16O5. The normalized spacial score (nSPS) is 29.8. The maximum absolute atomic E-state index is 11.6. The summed E-state index contributed by atoms with van der Waals surface area (Å²) >= 11 is 0. The third-order valence-corrected chi connectivity index (χ3v) is 5.07. The average molecular weight is 300 g/mol. The van der Waals surface area contributed by atoms with E-state index in [2.05, 4.69) is 4.74 Å². The Bertz CT molecular complexity index is 678. The van der Waals surface area contributed by atoms with Crippen LogP contribution in [0.2, 0.25) is 0 Å². The van der Waals surface area contributed by atoms with Gasteiger partial charge in [-0.15, -0.1) is 0 Å². The molecule has 0 amide bonds. The number of cyclic esters (lactones) is 3. The van der Waals surface area contributed by atoms with Crippen molar-refractivity contribution in [2.24, 2.45) is 17.8 Å². The van der Waals surface area contributed by atoms with Gasteiger partial charge in [-0.25, -0.2) is 9.59 Å². The van der Waals surface area contributed by atoms with E-state index >= 15 is 0 Å². The van der Waals surface area contributed by atoms with Crippen LogP contribution in [0.1, 0.15) is 45.5 Å². The maximum Gasteiger partial charge on any atom is 0.346 e. The summed E-state index contributed by atoms with van der Waals surface area (Å²) in [7, 11) is 0. The molecule has 1 saturated carbocycles. The summed E-state index contributed by atoms with van der Waals surface area (Å²) in [5.74, 6) is -0.241. The fraction of sp³-hybridized carbons (Fsp3) is 0.471. The molecule has 114 valence electrons. The number of hydrogen-bond donors (Lipinski definition) is 0. The molecule has 22 heavy (non-hydrogen) atoms. The van der Waals surface area contributed by atoms with Crippen LogP contribution in [-0.2, 0) is 20.7 Å². The number of carbonyl (C=O) groups is 3. The van der Waals surface area contributed by atoms with Gasteiger partial charge in [0.1, 0.15) is 0 Å². The first-order valence-electron chi connectivity index (χ1n) is 7.68. The zero-order chi connectivity index (χ0) is 15.3. The quantitative estimate of drug-likeness (QED) is 0.618. The number of fused-ring (bicyclic) bond motifs is 2. The molecule has 3 aliphatic rings. The van der Waals surface area contributed by atoms with Crippen LogP contribution in [0.5, 0.6) is 0 Å². The summed E-state index contributed by atoms with van der Waals surface area (Å²) in [4.78, 5) is 34.6. The van der Waals surface area contributed by atoms with Crippen molar-refractivity contribution in [3.05, 3.63) is 34.9 Å². The van der Waals surface area contributed by atoms with Gasteiger partial charge in [0.15, 0.2) is 0 Å². The Hall–Kier alpha value is -2.17. The summed E-state index contributed by atoms with van der Waals surface area (Å²) in [5.41, 5.74) is 1.77. The highest BCUT2D eigenvalue weighted by molar-refractivity contribution is 6.14. The van der Waals surface area contributed by atoms with Crippen LogP contribution >= 0.6 is 0 Å². The highest BCUT2D eigenvalue weighted by Gasteiger charge is 2.41. The molecule has 1 aromatic rings. The fourth-order valence-corrected chi connectivity index (χ4v) is 3.93. The van der Waals surface area contributed by atoms with E-state index in [1.165, 1.54) is 0 Å². The zero-order valence-electron chi connectivity index (χ0n) is 12.0. The Labute approximate surface area is 127 Å². The van der Waals surface area contributed by atoms with Crippen LogP contribution in [-0.4, -0.2) is 24.5 Å². The molecule has 2 fully saturated rings. The van der Waals surface area contributed by atoms with Crippen LogP contribution in [0.3, 0.4) is 0 Å². The molecule has 1 aromatic carbocycles. The molecule has 3 atom stereocenters. The van der Waals surface area contributed by atoms with Crippen LogP contribution in [0.15, 0.2) is 18.2 Å². The van der Waals surface area contributed by atoms with Gasteiger partial charge < -0.3 is 9.47 Å². The van der Waals surface area contributed by atoms with Gasteiger partial charge in [0.05, 0.1) is 23.7 Å². The third-order valence-electron chi connectivity index (χ3n) is 5.07. The first-order valence-corrected chi connectivity index (χ1v) is 7.68. The molecule has 3 unspecified atom stereocenters. The minimum absolute atomic E-state index is 0.0396. The van der Waals surface area contributed by atoms with Crippen molar-refractivity contribution in [1.29, 1.82) is 0 Å². The topological polar surface area (TPSA) is 69.7 Å². The summed E-state index contributed by atoms with van der Waals surface area (Å²) in [6.07, 6.45) is 3.72. The fourth-order valence-electron chi connectivity index (χ4n) is 3.93. The summed E-state index contributed by atoms with van der Waals surface area (Å²) < 4.78 is 9.76. The lowest BCUT2D eigenvalue weighted by molar-refractivity contribution is -0.141. The largest absolute Gasteiger partial charge is 0.465 e. The van der Waals surface area contributed by atoms with Gasteiger partial charge in [0, 0.05) is 5.92 Å². The van der Waals surface area contributed by atoms with Crippen molar-refractivity contribution < 1.29 is 23.9 Å². The van der Waals surface area contributed by atoms with E-state index in [0.717, 1.165) is 31.2 Å². The van der Waals surface area contributed by atoms with Crippen molar-refractivity contribution in [3.63, 3.8) is 0 Å². The van der Waals surface area contributed by atoms with Crippen LogP contribution in [0.4, 0.5) is 0 Å². The van der Waals surface area contributed by atoms with E-state index < -0.39 is 11.9 Å². The molecule has 1 saturated heterocycles. The molecular weight excluding hydrogens is 284 g/mol. The standard InChI is InChI=1S/C17H16O5/c18-15-12-3-1-9(6-11(12)8-21-15)5-10-2-4-13-14(7-10)17(20)22-16(13)19/h2,4,7,9,11-12H,1,3,5-6,8H2. The lowest BCUT2D eigenvalue weighted by Gasteiger charge is -2.28. The number of hydrogen-bond acceptors (Lipinski definition) is 5. The molecule has 4 rings (SSSR count). The number of carbonyl (C=O) groups excluding carboxylic acids is 3. The van der Waals surface area contributed by atoms with E-state index in [9.17, 15) is 14.4 Å². The van der Waals surface area contributed by atoms with Gasteiger partial charge in [0.2, 0.25) is 0 Å². The van der Waals surface area contributed by atoms with Gasteiger partial charge in [-0.05, 0) is 49.3 Å². The van der Waals surface area contributed by atoms with Crippen LogP contribution in [0.25, 0.3) is 0 Å². The van der Waals surface area contributed by atoms with Crippen molar-refractivity contribution >= 4 is 17.9 Å². The van der Waals surface area contributed by atoms with Gasteiger partial charge in [0.25, 0.3) is 0 Å². The lowest BCUT2D eigenvalue weighted by atomic mass is 9.73. The Kier molecular flexibility index (Phi) is 3.03. The number of esters is 3. The van der Waals surface area contributed by atoms with Crippen molar-refractivity contribution in [2.75, 3.05) is 6.61 Å². The van der Waals surface area contributed by atoms with Gasteiger partial charge in [-0.1, -0.05) is 6.07 Å². The van der Waals surface area contributed by atoms with Crippen molar-refractivity contribution in [1.82, 2.24) is 0 Å². The molecule has 0 spiro atoms. The van der Waals surface area contributed by atoms with E-state index in [4.69, 9.17) is 4.74 Å². The maximum atomic E-state index is 11.6. The minimum atomic E-state index is -0.561. The third kappa shape index (κ3) is 2.12. The second-order valence-corrected chi connectivity index (χ2v) is 6.44. The molecule has 2 aliphatic heterocycles. The molecule has 0 N–H and O–H groups in total. The zero-order valence-corrected chi connectivity index (χ0v) is 12.0. The molecule has 5 heteroatoms. The second kappa shape index (κ2) is 4.93. The lowest BCUT2D eigenvalue weighted by Crippen LogP contribution is -2.26. The highest BCUT2D eigenvalue weighted by Crippen LogP contribution is 2.40. The SMILES string of the molecule is O=C1OC(=O)c2cc(CC3CCC4C(=O)OCC4C3)ccc21. The monoisotopic (exact) mass is 300 g/mol. The van der Waals surface area contributed by atoms with Crippen LogP contribution < -0.4 is 0 Å². The molecule has 1 aliphatic carbocycles. The van der Waals surface area contributed by atoms with E-state index in [0.29, 0.717) is 29.6 Å². The average Bonchev–Trinajstić information content (AvgIpc) is 3.00. The Morgan fingerprint density at radius 2 is 1.86 bits per heavy atom. The Balaban J connectivity index is 1.48. The molecule has 0 radical (unpaired) electrons. The number of rotatable bonds is 2. The molecule has 0 aromatic heterocycles. The van der Waals surface area contributed by atoms with Gasteiger partial charge in [-0.3, -0.25) is 4.79 Å². The van der Waals surface area contributed by atoms with Crippen LogP contribution in [0, 0.1) is 17.8 Å². The first kappa shape index (κ1) is 13.5. The second-order valence-electron chi connectivity index (χ2n) is 6.44.